The van der Waals surface area contributed by atoms with E-state index in [1.807, 2.05) is 18.2 Å². The molecule has 1 aromatic heterocycles. The lowest BCUT2D eigenvalue weighted by atomic mass is 10.3. The number of H-pyrrole nitrogens is 1. The molecule has 0 radical (unpaired) electrons. The van der Waals surface area contributed by atoms with Crippen LogP contribution in [0.25, 0.3) is 11.0 Å². The van der Waals surface area contributed by atoms with Crippen molar-refractivity contribution in [1.29, 1.82) is 0 Å². The summed E-state index contributed by atoms with van der Waals surface area (Å²) in [5.41, 5.74) is 1.98. The third-order valence-electron chi connectivity index (χ3n) is 2.72. The summed E-state index contributed by atoms with van der Waals surface area (Å²) in [7, 11) is 0. The quantitative estimate of drug-likeness (QED) is 0.876. The first-order valence-corrected chi connectivity index (χ1v) is 6.52. The highest BCUT2D eigenvalue weighted by atomic mass is 35.5. The summed E-state index contributed by atoms with van der Waals surface area (Å²) in [6.45, 7) is 6.42. The van der Waals surface area contributed by atoms with Crippen LogP contribution in [-0.2, 0) is 0 Å². The van der Waals surface area contributed by atoms with Crippen LogP contribution in [-0.4, -0.2) is 23.1 Å². The van der Waals surface area contributed by atoms with Gasteiger partial charge in [0, 0.05) is 18.1 Å². The molecule has 92 valence electrons. The van der Waals surface area contributed by atoms with E-state index in [1.165, 1.54) is 0 Å². The van der Waals surface area contributed by atoms with E-state index in [0.29, 0.717) is 0 Å². The second-order valence-corrected chi connectivity index (χ2v) is 4.65. The fraction of sp³-hybridized carbons (Fsp3) is 0.462. The molecule has 0 amide bonds. The predicted molar refractivity (Wildman–Crippen MR) is 73.9 cm³/mol. The lowest BCUT2D eigenvalue weighted by molar-refractivity contribution is 0.727. The van der Waals surface area contributed by atoms with E-state index in [9.17, 15) is 0 Å². The van der Waals surface area contributed by atoms with Crippen LogP contribution in [0.5, 0.6) is 0 Å². The standard InChI is InChI=1S/C13H18ClN3/c1-3-7-17(8-4-2)13-15-11-6-5-10(14)9-12(11)16-13/h5-6,9H,3-4,7-8H2,1-2H3,(H,15,16). The Hall–Kier alpha value is -1.22. The van der Waals surface area contributed by atoms with Gasteiger partial charge in [0.1, 0.15) is 0 Å². The van der Waals surface area contributed by atoms with Crippen LogP contribution in [0.15, 0.2) is 18.2 Å². The van der Waals surface area contributed by atoms with Crippen LogP contribution in [0, 0.1) is 0 Å². The minimum absolute atomic E-state index is 0.741. The number of aromatic nitrogens is 2. The van der Waals surface area contributed by atoms with Gasteiger partial charge in [0.05, 0.1) is 11.0 Å². The molecule has 0 aliphatic heterocycles. The molecule has 0 atom stereocenters. The van der Waals surface area contributed by atoms with Gasteiger partial charge >= 0.3 is 0 Å². The highest BCUT2D eigenvalue weighted by Gasteiger charge is 2.09. The van der Waals surface area contributed by atoms with Crippen molar-refractivity contribution >= 4 is 28.6 Å². The molecule has 0 bridgehead atoms. The zero-order valence-electron chi connectivity index (χ0n) is 10.3. The Morgan fingerprint density at radius 1 is 1.24 bits per heavy atom. The summed E-state index contributed by atoms with van der Waals surface area (Å²) in [4.78, 5) is 10.2. The Morgan fingerprint density at radius 2 is 1.94 bits per heavy atom. The van der Waals surface area contributed by atoms with Gasteiger partial charge in [-0.1, -0.05) is 25.4 Å². The molecular formula is C13H18ClN3. The zero-order valence-corrected chi connectivity index (χ0v) is 11.1. The van der Waals surface area contributed by atoms with Gasteiger partial charge in [0.15, 0.2) is 0 Å². The maximum Gasteiger partial charge on any atom is 0.203 e. The Labute approximate surface area is 107 Å². The Bertz CT molecular complexity index is 486. The molecule has 0 spiro atoms. The molecule has 0 aliphatic rings. The van der Waals surface area contributed by atoms with E-state index >= 15 is 0 Å². The fourth-order valence-electron chi connectivity index (χ4n) is 1.98. The minimum Gasteiger partial charge on any atom is -0.342 e. The lowest BCUT2D eigenvalue weighted by Gasteiger charge is -2.19. The number of anilines is 1. The molecule has 1 aromatic carbocycles. The summed E-state index contributed by atoms with van der Waals surface area (Å²) in [6.07, 6.45) is 2.25. The van der Waals surface area contributed by atoms with Crippen molar-refractivity contribution < 1.29 is 0 Å². The average molecular weight is 252 g/mol. The number of hydrogen-bond donors (Lipinski definition) is 1. The first-order valence-electron chi connectivity index (χ1n) is 6.14. The number of aromatic amines is 1. The second kappa shape index (κ2) is 5.41. The van der Waals surface area contributed by atoms with E-state index < -0.39 is 0 Å². The van der Waals surface area contributed by atoms with E-state index in [2.05, 4.69) is 28.7 Å². The van der Waals surface area contributed by atoms with Crippen molar-refractivity contribution in [3.05, 3.63) is 23.2 Å². The number of fused-ring (bicyclic) bond motifs is 1. The Balaban J connectivity index is 2.33. The van der Waals surface area contributed by atoms with Gasteiger partial charge in [-0.25, -0.2) is 4.98 Å². The van der Waals surface area contributed by atoms with Gasteiger partial charge in [0.25, 0.3) is 0 Å². The van der Waals surface area contributed by atoms with Crippen LogP contribution in [0.2, 0.25) is 5.02 Å². The summed E-state index contributed by atoms with van der Waals surface area (Å²) < 4.78 is 0. The number of rotatable bonds is 5. The molecule has 0 saturated carbocycles. The van der Waals surface area contributed by atoms with Crippen LogP contribution in [0.4, 0.5) is 5.95 Å². The molecule has 4 heteroatoms. The molecule has 2 aromatic rings. The van der Waals surface area contributed by atoms with Crippen LogP contribution in [0.1, 0.15) is 26.7 Å². The second-order valence-electron chi connectivity index (χ2n) is 4.21. The molecule has 0 fully saturated rings. The molecule has 3 nitrogen and oxygen atoms in total. The topological polar surface area (TPSA) is 31.9 Å². The molecule has 1 heterocycles. The molecule has 0 aliphatic carbocycles. The van der Waals surface area contributed by atoms with Crippen molar-refractivity contribution in [3.8, 4) is 0 Å². The number of halogens is 1. The summed E-state index contributed by atoms with van der Waals surface area (Å²) in [6, 6.07) is 5.75. The van der Waals surface area contributed by atoms with Gasteiger partial charge in [-0.3, -0.25) is 0 Å². The van der Waals surface area contributed by atoms with Gasteiger partial charge in [0.2, 0.25) is 5.95 Å². The zero-order chi connectivity index (χ0) is 12.3. The monoisotopic (exact) mass is 251 g/mol. The third-order valence-corrected chi connectivity index (χ3v) is 2.95. The fourth-order valence-corrected chi connectivity index (χ4v) is 2.15. The maximum atomic E-state index is 5.97. The average Bonchev–Trinajstić information content (AvgIpc) is 2.71. The smallest absolute Gasteiger partial charge is 0.203 e. The Kier molecular flexibility index (Phi) is 3.89. The molecule has 17 heavy (non-hydrogen) atoms. The number of benzene rings is 1. The number of nitrogens with zero attached hydrogens (tertiary/aromatic N) is 2. The predicted octanol–water partition coefficient (Wildman–Crippen LogP) is 3.84. The normalized spacial score (nSPS) is 11.0. The maximum absolute atomic E-state index is 5.97. The first-order chi connectivity index (χ1) is 8.24. The van der Waals surface area contributed by atoms with E-state index in [1.54, 1.807) is 0 Å². The highest BCUT2D eigenvalue weighted by molar-refractivity contribution is 6.31. The van der Waals surface area contributed by atoms with Gasteiger partial charge < -0.3 is 9.88 Å². The van der Waals surface area contributed by atoms with Crippen molar-refractivity contribution in [2.45, 2.75) is 26.7 Å². The number of nitrogens with one attached hydrogen (secondary N) is 1. The van der Waals surface area contributed by atoms with Gasteiger partial charge in [-0.15, -0.1) is 0 Å². The van der Waals surface area contributed by atoms with Crippen LogP contribution >= 0.6 is 11.6 Å². The van der Waals surface area contributed by atoms with Crippen molar-refractivity contribution in [3.63, 3.8) is 0 Å². The van der Waals surface area contributed by atoms with E-state index in [4.69, 9.17) is 11.6 Å². The number of hydrogen-bond acceptors (Lipinski definition) is 2. The Morgan fingerprint density at radius 3 is 2.59 bits per heavy atom. The van der Waals surface area contributed by atoms with E-state index in [-0.39, 0.29) is 0 Å². The van der Waals surface area contributed by atoms with Gasteiger partial charge in [-0.2, -0.15) is 0 Å². The summed E-state index contributed by atoms with van der Waals surface area (Å²) in [5, 5.41) is 0.741. The lowest BCUT2D eigenvalue weighted by Crippen LogP contribution is -2.25. The van der Waals surface area contributed by atoms with Crippen LogP contribution < -0.4 is 4.90 Å². The SMILES string of the molecule is CCCN(CCC)c1nc2ccc(Cl)cc2[nH]1. The minimum atomic E-state index is 0.741. The summed E-state index contributed by atoms with van der Waals surface area (Å²) >= 11 is 5.97. The number of imidazole rings is 1. The largest absolute Gasteiger partial charge is 0.342 e. The van der Waals surface area contributed by atoms with Crippen LogP contribution in [0.3, 0.4) is 0 Å². The van der Waals surface area contributed by atoms with Crippen molar-refractivity contribution in [2.75, 3.05) is 18.0 Å². The van der Waals surface area contributed by atoms with E-state index in [0.717, 1.165) is 47.9 Å². The molecule has 0 saturated heterocycles. The summed E-state index contributed by atoms with van der Waals surface area (Å²) in [5.74, 6) is 0.950. The molecule has 0 unspecified atom stereocenters. The van der Waals surface area contributed by atoms with Crippen molar-refractivity contribution in [1.82, 2.24) is 9.97 Å². The first kappa shape index (κ1) is 12.2. The molecule has 2 rings (SSSR count). The molecule has 1 N–H and O–H groups in total. The highest BCUT2D eigenvalue weighted by Crippen LogP contribution is 2.21. The third kappa shape index (κ3) is 2.72. The molecular weight excluding hydrogens is 234 g/mol. The van der Waals surface area contributed by atoms with Gasteiger partial charge in [-0.05, 0) is 31.0 Å². The van der Waals surface area contributed by atoms with Crippen molar-refractivity contribution in [2.24, 2.45) is 0 Å².